The van der Waals surface area contributed by atoms with Crippen LogP contribution < -0.4 is 9.62 Å². The van der Waals surface area contributed by atoms with E-state index in [4.69, 9.17) is 11.6 Å². The molecule has 8 nitrogen and oxygen atoms in total. The lowest BCUT2D eigenvalue weighted by molar-refractivity contribution is 0.0750. The number of ketones is 1. The molecule has 1 fully saturated rings. The van der Waals surface area contributed by atoms with E-state index in [9.17, 15) is 18.0 Å². The molecule has 1 saturated heterocycles. The quantitative estimate of drug-likeness (QED) is 0.494. The van der Waals surface area contributed by atoms with Gasteiger partial charge in [-0.25, -0.2) is 13.4 Å². The lowest BCUT2D eigenvalue weighted by atomic mass is 10.1. The Morgan fingerprint density at radius 2 is 1.62 bits per heavy atom. The summed E-state index contributed by atoms with van der Waals surface area (Å²) >= 11 is 6.86. The summed E-state index contributed by atoms with van der Waals surface area (Å²) in [6.45, 7) is 5.58. The normalized spacial score (nSPS) is 14.2. The third-order valence-electron chi connectivity index (χ3n) is 5.54. The molecule has 1 amide bonds. The molecule has 0 unspecified atom stereocenters. The zero-order valence-corrected chi connectivity index (χ0v) is 21.0. The van der Waals surface area contributed by atoms with Crippen LogP contribution >= 0.6 is 22.9 Å². The van der Waals surface area contributed by atoms with Crippen molar-refractivity contribution in [1.29, 1.82) is 0 Å². The summed E-state index contributed by atoms with van der Waals surface area (Å²) in [7, 11) is -3.84. The van der Waals surface area contributed by atoms with Gasteiger partial charge in [0, 0.05) is 42.5 Å². The number of carbonyl (C=O) groups excluding carboxylic acids is 2. The van der Waals surface area contributed by atoms with Crippen molar-refractivity contribution in [1.82, 2.24) is 9.88 Å². The molecule has 0 atom stereocenters. The number of piperazine rings is 1. The molecule has 2 heterocycles. The number of aromatic nitrogens is 1. The lowest BCUT2D eigenvalue weighted by Gasteiger charge is -2.36. The fraction of sp³-hybridized carbons (Fsp3) is 0.261. The van der Waals surface area contributed by atoms with Gasteiger partial charge in [0.1, 0.15) is 4.88 Å². The Hall–Kier alpha value is -2.95. The van der Waals surface area contributed by atoms with Crippen LogP contribution in [-0.4, -0.2) is 56.2 Å². The van der Waals surface area contributed by atoms with E-state index in [1.807, 2.05) is 24.3 Å². The van der Waals surface area contributed by atoms with E-state index >= 15 is 0 Å². The minimum Gasteiger partial charge on any atom is -0.368 e. The van der Waals surface area contributed by atoms with Crippen molar-refractivity contribution in [3.63, 3.8) is 0 Å². The molecule has 0 bridgehead atoms. The first-order valence-corrected chi connectivity index (χ1v) is 13.2. The second kappa shape index (κ2) is 9.73. The van der Waals surface area contributed by atoms with Gasteiger partial charge in [0.25, 0.3) is 15.9 Å². The minimum atomic E-state index is -3.84. The molecule has 0 saturated carbocycles. The summed E-state index contributed by atoms with van der Waals surface area (Å²) in [5, 5.41) is 0.574. The monoisotopic (exact) mass is 518 g/mol. The number of nitrogens with one attached hydrogen (secondary N) is 1. The molecule has 1 aromatic heterocycles. The van der Waals surface area contributed by atoms with E-state index in [1.54, 1.807) is 11.8 Å². The number of halogens is 1. The number of aryl methyl sites for hydroxylation is 1. The molecule has 0 aliphatic carbocycles. The van der Waals surface area contributed by atoms with Gasteiger partial charge in [0.15, 0.2) is 10.9 Å². The number of nitrogens with zero attached hydrogens (tertiary/aromatic N) is 3. The zero-order valence-electron chi connectivity index (χ0n) is 18.6. The molecular weight excluding hydrogens is 496 g/mol. The van der Waals surface area contributed by atoms with Gasteiger partial charge in [-0.3, -0.25) is 14.3 Å². The molecule has 178 valence electrons. The molecule has 34 heavy (non-hydrogen) atoms. The third-order valence-corrected chi connectivity index (χ3v) is 8.34. The summed E-state index contributed by atoms with van der Waals surface area (Å²) in [6, 6.07) is 13.3. The van der Waals surface area contributed by atoms with E-state index in [0.29, 0.717) is 47.3 Å². The van der Waals surface area contributed by atoms with Gasteiger partial charge in [-0.1, -0.05) is 22.9 Å². The van der Waals surface area contributed by atoms with E-state index in [0.717, 1.165) is 17.0 Å². The summed E-state index contributed by atoms with van der Waals surface area (Å²) < 4.78 is 27.7. The van der Waals surface area contributed by atoms with Crippen molar-refractivity contribution in [2.24, 2.45) is 0 Å². The SMILES string of the molecule is CC(=O)c1ccc(N2CCN(C(=O)c3sc(NS(=O)(=O)c4ccc(Cl)cc4)nc3C)CC2)cc1. The van der Waals surface area contributed by atoms with Crippen molar-refractivity contribution in [2.45, 2.75) is 18.7 Å². The summed E-state index contributed by atoms with van der Waals surface area (Å²) in [6.07, 6.45) is 0. The van der Waals surface area contributed by atoms with Crippen molar-refractivity contribution >= 4 is 55.5 Å². The van der Waals surface area contributed by atoms with Crippen LogP contribution in [0.1, 0.15) is 32.6 Å². The number of rotatable bonds is 6. The molecule has 3 aromatic rings. The highest BCUT2D eigenvalue weighted by Crippen LogP contribution is 2.27. The predicted octanol–water partition coefficient (Wildman–Crippen LogP) is 4.07. The van der Waals surface area contributed by atoms with Gasteiger partial charge in [0.05, 0.1) is 10.6 Å². The average molecular weight is 519 g/mol. The van der Waals surface area contributed by atoms with Crippen LogP contribution in [0, 0.1) is 6.92 Å². The topological polar surface area (TPSA) is 99.7 Å². The van der Waals surface area contributed by atoms with Gasteiger partial charge in [-0.05, 0) is 62.4 Å². The first-order chi connectivity index (χ1) is 16.1. The fourth-order valence-electron chi connectivity index (χ4n) is 3.64. The molecular formula is C23H23ClN4O4S2. The molecule has 1 aliphatic rings. The molecule has 4 rings (SSSR count). The fourth-order valence-corrected chi connectivity index (χ4v) is 5.94. The Labute approximate surface area is 207 Å². The van der Waals surface area contributed by atoms with Crippen LogP contribution in [0.25, 0.3) is 0 Å². The molecule has 1 aliphatic heterocycles. The maximum Gasteiger partial charge on any atom is 0.266 e. The van der Waals surface area contributed by atoms with Crippen LogP contribution in [0.2, 0.25) is 5.02 Å². The minimum absolute atomic E-state index is 0.0247. The Morgan fingerprint density at radius 3 is 2.21 bits per heavy atom. The number of amides is 1. The van der Waals surface area contributed by atoms with Crippen LogP contribution in [0.5, 0.6) is 0 Å². The highest BCUT2D eigenvalue weighted by molar-refractivity contribution is 7.93. The Morgan fingerprint density at radius 1 is 1.00 bits per heavy atom. The number of benzene rings is 2. The van der Waals surface area contributed by atoms with Crippen LogP contribution in [0.4, 0.5) is 10.8 Å². The van der Waals surface area contributed by atoms with E-state index < -0.39 is 10.0 Å². The average Bonchev–Trinajstić information content (AvgIpc) is 3.18. The molecule has 0 spiro atoms. The predicted molar refractivity (Wildman–Crippen MR) is 134 cm³/mol. The number of sulfonamides is 1. The smallest absolute Gasteiger partial charge is 0.266 e. The van der Waals surface area contributed by atoms with Gasteiger partial charge in [-0.15, -0.1) is 0 Å². The largest absolute Gasteiger partial charge is 0.368 e. The second-order valence-corrected chi connectivity index (χ2v) is 11.0. The number of hydrogen-bond acceptors (Lipinski definition) is 7. The van der Waals surface area contributed by atoms with Crippen molar-refractivity contribution in [3.05, 3.63) is 69.7 Å². The Bertz CT molecular complexity index is 1310. The van der Waals surface area contributed by atoms with Gasteiger partial charge in [0.2, 0.25) is 0 Å². The number of carbonyl (C=O) groups is 2. The maximum atomic E-state index is 13.1. The highest BCUT2D eigenvalue weighted by atomic mass is 35.5. The van der Waals surface area contributed by atoms with Gasteiger partial charge in [-0.2, -0.15) is 0 Å². The van der Waals surface area contributed by atoms with Crippen molar-refractivity contribution in [2.75, 3.05) is 35.8 Å². The Balaban J connectivity index is 1.41. The van der Waals surface area contributed by atoms with Gasteiger partial charge >= 0.3 is 0 Å². The lowest BCUT2D eigenvalue weighted by Crippen LogP contribution is -2.48. The van der Waals surface area contributed by atoms with Crippen molar-refractivity contribution < 1.29 is 18.0 Å². The Kier molecular flexibility index (Phi) is 6.92. The zero-order chi connectivity index (χ0) is 24.5. The van der Waals surface area contributed by atoms with E-state index in [1.165, 1.54) is 31.2 Å². The first-order valence-electron chi connectivity index (χ1n) is 10.5. The highest BCUT2D eigenvalue weighted by Gasteiger charge is 2.27. The molecule has 11 heteroatoms. The van der Waals surface area contributed by atoms with Crippen molar-refractivity contribution in [3.8, 4) is 0 Å². The summed E-state index contributed by atoms with van der Waals surface area (Å²) in [5.74, 6) is -0.143. The number of thiazole rings is 1. The third kappa shape index (κ3) is 5.24. The standard InChI is InChI=1S/C23H23ClN4O4S2/c1-15-21(33-23(25-15)26-34(31,32)20-9-5-18(24)6-10-20)22(30)28-13-11-27(12-14-28)19-7-3-17(4-8-19)16(2)29/h3-10H,11-14H2,1-2H3,(H,25,26). The van der Waals surface area contributed by atoms with Crippen LogP contribution in [0.3, 0.4) is 0 Å². The number of anilines is 2. The number of Topliss-reactive ketones (excluding diaryl/α,β-unsaturated/α-hetero) is 1. The maximum absolute atomic E-state index is 13.1. The molecule has 2 aromatic carbocycles. The van der Waals surface area contributed by atoms with E-state index in [2.05, 4.69) is 14.6 Å². The summed E-state index contributed by atoms with van der Waals surface area (Å²) in [4.78, 5) is 33.2. The summed E-state index contributed by atoms with van der Waals surface area (Å²) in [5.41, 5.74) is 2.15. The number of hydrogen-bond donors (Lipinski definition) is 1. The van der Waals surface area contributed by atoms with Crippen LogP contribution in [-0.2, 0) is 10.0 Å². The second-order valence-electron chi connectivity index (χ2n) is 7.88. The van der Waals surface area contributed by atoms with Gasteiger partial charge < -0.3 is 9.80 Å². The molecule has 0 radical (unpaired) electrons. The molecule has 1 N–H and O–H groups in total. The first kappa shape index (κ1) is 24.2. The van der Waals surface area contributed by atoms with Crippen LogP contribution in [0.15, 0.2) is 53.4 Å². The van der Waals surface area contributed by atoms with E-state index in [-0.39, 0.29) is 21.7 Å².